The molecule has 7 nitrogen and oxygen atoms in total. The van der Waals surface area contributed by atoms with Crippen molar-refractivity contribution in [3.8, 4) is 5.75 Å². The summed E-state index contributed by atoms with van der Waals surface area (Å²) in [5, 5.41) is 9.27. The summed E-state index contributed by atoms with van der Waals surface area (Å²) in [7, 11) is 3.02. The van der Waals surface area contributed by atoms with E-state index in [1.807, 2.05) is 0 Å². The van der Waals surface area contributed by atoms with Crippen molar-refractivity contribution in [2.24, 2.45) is 0 Å². The number of carbonyl (C=O) groups is 2. The maximum absolute atomic E-state index is 14.3. The molecule has 1 heterocycles. The summed E-state index contributed by atoms with van der Waals surface area (Å²) in [4.78, 5) is 31.4. The van der Waals surface area contributed by atoms with E-state index < -0.39 is 11.8 Å². The molecule has 3 rings (SSSR count). The molecule has 156 valence electrons. The molecule has 0 spiro atoms. The van der Waals surface area contributed by atoms with Crippen LogP contribution in [0.2, 0.25) is 0 Å². The van der Waals surface area contributed by atoms with Gasteiger partial charge in [-0.1, -0.05) is 24.2 Å². The van der Waals surface area contributed by atoms with Crippen LogP contribution in [0.4, 0.5) is 20.0 Å². The fourth-order valence-electron chi connectivity index (χ4n) is 3.29. The Balaban J connectivity index is 1.84. The molecule has 0 bridgehead atoms. The number of anilines is 2. The molecule has 0 unspecified atom stereocenters. The minimum absolute atomic E-state index is 0.0152. The standard InChI is InChI=1S/C19H22FN3O4S2/c1-22(18-21-10-17(29-18)28-11-16(24)25)19(26)23(12-5-3-4-6-12)13-7-8-15(27-2)14(20)9-13/h7-10,12H,3-6,11H2,1-2H3,(H,24,25). The molecular weight excluding hydrogens is 417 g/mol. The number of benzene rings is 1. The average Bonchev–Trinajstić information content (AvgIpc) is 3.38. The molecule has 1 aromatic heterocycles. The number of methoxy groups -OCH3 is 1. The number of carboxylic acid groups (broad SMARTS) is 1. The van der Waals surface area contributed by atoms with Crippen LogP contribution in [0.3, 0.4) is 0 Å². The van der Waals surface area contributed by atoms with Crippen molar-refractivity contribution < 1.29 is 23.8 Å². The Morgan fingerprint density at radius 2 is 2.10 bits per heavy atom. The Morgan fingerprint density at radius 3 is 2.72 bits per heavy atom. The molecular formula is C19H22FN3O4S2. The number of carbonyl (C=O) groups excluding carboxylic acids is 1. The van der Waals surface area contributed by atoms with Gasteiger partial charge in [-0.25, -0.2) is 14.2 Å². The van der Waals surface area contributed by atoms with Crippen LogP contribution in [0, 0.1) is 5.82 Å². The molecule has 0 atom stereocenters. The number of rotatable bonds is 7. The second kappa shape index (κ2) is 9.45. The zero-order valence-corrected chi connectivity index (χ0v) is 17.8. The van der Waals surface area contributed by atoms with E-state index in [0.717, 1.165) is 37.4 Å². The lowest BCUT2D eigenvalue weighted by Crippen LogP contribution is -2.46. The maximum Gasteiger partial charge on any atom is 0.330 e. The first-order valence-electron chi connectivity index (χ1n) is 9.11. The van der Waals surface area contributed by atoms with E-state index >= 15 is 0 Å². The topological polar surface area (TPSA) is 83.0 Å². The minimum atomic E-state index is -0.914. The molecule has 29 heavy (non-hydrogen) atoms. The number of aliphatic carboxylic acids is 1. The third-order valence-corrected chi connectivity index (χ3v) is 6.95. The number of carboxylic acids is 1. The van der Waals surface area contributed by atoms with Gasteiger partial charge in [0.2, 0.25) is 0 Å². The lowest BCUT2D eigenvalue weighted by molar-refractivity contribution is -0.133. The van der Waals surface area contributed by atoms with E-state index in [4.69, 9.17) is 9.84 Å². The number of ether oxygens (including phenoxy) is 1. The predicted molar refractivity (Wildman–Crippen MR) is 112 cm³/mol. The van der Waals surface area contributed by atoms with Crippen LogP contribution in [0.15, 0.2) is 28.6 Å². The minimum Gasteiger partial charge on any atom is -0.494 e. The zero-order chi connectivity index (χ0) is 21.0. The summed E-state index contributed by atoms with van der Waals surface area (Å²) in [6.07, 6.45) is 5.30. The van der Waals surface area contributed by atoms with E-state index in [-0.39, 0.29) is 23.6 Å². The highest BCUT2D eigenvalue weighted by Crippen LogP contribution is 2.34. The summed E-state index contributed by atoms with van der Waals surface area (Å²) in [6, 6.07) is 4.20. The highest BCUT2D eigenvalue weighted by atomic mass is 32.2. The molecule has 2 amide bonds. The Bertz CT molecular complexity index is 886. The normalized spacial score (nSPS) is 14.0. The van der Waals surface area contributed by atoms with E-state index in [9.17, 15) is 14.0 Å². The number of aromatic nitrogens is 1. The fourth-order valence-corrected chi connectivity index (χ4v) is 4.93. The number of halogens is 1. The highest BCUT2D eigenvalue weighted by molar-refractivity contribution is 8.01. The van der Waals surface area contributed by atoms with Crippen LogP contribution in [0.25, 0.3) is 0 Å². The molecule has 1 aliphatic carbocycles. The van der Waals surface area contributed by atoms with Crippen LogP contribution < -0.4 is 14.5 Å². The number of amides is 2. The van der Waals surface area contributed by atoms with Crippen LogP contribution in [-0.2, 0) is 4.79 Å². The Labute approximate surface area is 176 Å². The summed E-state index contributed by atoms with van der Waals surface area (Å²) < 4.78 is 20.0. The SMILES string of the molecule is COc1ccc(N(C(=O)N(C)c2ncc(SCC(=O)O)s2)C2CCCC2)cc1F. The first-order valence-corrected chi connectivity index (χ1v) is 10.9. The van der Waals surface area contributed by atoms with Gasteiger partial charge in [0.25, 0.3) is 0 Å². The highest BCUT2D eigenvalue weighted by Gasteiger charge is 2.32. The quantitative estimate of drug-likeness (QED) is 0.641. The first-order chi connectivity index (χ1) is 13.9. The van der Waals surface area contributed by atoms with Gasteiger partial charge in [0.05, 0.1) is 23.3 Å². The smallest absolute Gasteiger partial charge is 0.330 e. The van der Waals surface area contributed by atoms with Gasteiger partial charge in [-0.15, -0.1) is 11.8 Å². The van der Waals surface area contributed by atoms with Gasteiger partial charge in [-0.2, -0.15) is 0 Å². The van der Waals surface area contributed by atoms with Crippen LogP contribution in [-0.4, -0.2) is 48.0 Å². The van der Waals surface area contributed by atoms with E-state index in [2.05, 4.69) is 4.98 Å². The number of thiazole rings is 1. The molecule has 2 aromatic rings. The van der Waals surface area contributed by atoms with Crippen LogP contribution in [0.1, 0.15) is 25.7 Å². The van der Waals surface area contributed by atoms with Crippen LogP contribution in [0.5, 0.6) is 5.75 Å². The Hall–Kier alpha value is -2.33. The first kappa shape index (κ1) is 21.4. The van der Waals surface area contributed by atoms with E-state index in [1.165, 1.54) is 35.5 Å². The van der Waals surface area contributed by atoms with Crippen molar-refractivity contribution in [3.05, 3.63) is 30.2 Å². The van der Waals surface area contributed by atoms with Crippen molar-refractivity contribution in [2.75, 3.05) is 29.7 Å². The summed E-state index contributed by atoms with van der Waals surface area (Å²) in [5.74, 6) is -1.38. The molecule has 1 aromatic carbocycles. The molecule has 1 fully saturated rings. The largest absolute Gasteiger partial charge is 0.494 e. The van der Waals surface area contributed by atoms with Gasteiger partial charge in [-0.3, -0.25) is 14.6 Å². The Morgan fingerprint density at radius 1 is 1.38 bits per heavy atom. The zero-order valence-electron chi connectivity index (χ0n) is 16.1. The molecule has 10 heteroatoms. The van der Waals surface area contributed by atoms with Gasteiger partial charge in [0, 0.05) is 24.8 Å². The van der Waals surface area contributed by atoms with E-state index in [0.29, 0.717) is 15.0 Å². The van der Waals surface area contributed by atoms with Gasteiger partial charge in [0.1, 0.15) is 0 Å². The molecule has 0 saturated heterocycles. The lowest BCUT2D eigenvalue weighted by Gasteiger charge is -2.32. The molecule has 0 radical (unpaired) electrons. The van der Waals surface area contributed by atoms with Gasteiger partial charge >= 0.3 is 12.0 Å². The number of nitrogens with zero attached hydrogens (tertiary/aromatic N) is 3. The molecule has 1 saturated carbocycles. The lowest BCUT2D eigenvalue weighted by atomic mass is 10.1. The van der Waals surface area contributed by atoms with E-state index in [1.54, 1.807) is 24.2 Å². The maximum atomic E-state index is 14.3. The van der Waals surface area contributed by atoms with Crippen molar-refractivity contribution in [1.29, 1.82) is 0 Å². The second-order valence-corrected chi connectivity index (χ2v) is 8.90. The van der Waals surface area contributed by atoms with Crippen LogP contribution >= 0.6 is 23.1 Å². The van der Waals surface area contributed by atoms with Crippen molar-refractivity contribution in [2.45, 2.75) is 35.9 Å². The molecule has 0 aliphatic heterocycles. The average molecular weight is 440 g/mol. The van der Waals surface area contributed by atoms with Crippen molar-refractivity contribution in [3.63, 3.8) is 0 Å². The number of urea groups is 1. The third kappa shape index (κ3) is 4.99. The van der Waals surface area contributed by atoms with Gasteiger partial charge in [0.15, 0.2) is 16.7 Å². The second-order valence-electron chi connectivity index (χ2n) is 6.61. The number of thioether (sulfide) groups is 1. The van der Waals surface area contributed by atoms with Crippen molar-refractivity contribution in [1.82, 2.24) is 4.98 Å². The summed E-state index contributed by atoms with van der Waals surface area (Å²) >= 11 is 2.40. The third-order valence-electron chi connectivity index (χ3n) is 4.69. The fraction of sp³-hybridized carbons (Fsp3) is 0.421. The number of hydrogen-bond acceptors (Lipinski definition) is 6. The molecule has 1 N–H and O–H groups in total. The number of hydrogen-bond donors (Lipinski definition) is 1. The predicted octanol–water partition coefficient (Wildman–Crippen LogP) is 4.47. The van der Waals surface area contributed by atoms with Crippen molar-refractivity contribution >= 4 is 45.9 Å². The monoisotopic (exact) mass is 439 g/mol. The van der Waals surface area contributed by atoms with Gasteiger partial charge in [-0.05, 0) is 25.0 Å². The van der Waals surface area contributed by atoms with Gasteiger partial charge < -0.3 is 9.84 Å². The Kier molecular flexibility index (Phi) is 6.96. The molecule has 1 aliphatic rings. The summed E-state index contributed by atoms with van der Waals surface area (Å²) in [5.41, 5.74) is 0.476. The summed E-state index contributed by atoms with van der Waals surface area (Å²) in [6.45, 7) is 0.